The Morgan fingerprint density at radius 2 is 2.12 bits per heavy atom. The lowest BCUT2D eigenvalue weighted by Gasteiger charge is -2.33. The van der Waals surface area contributed by atoms with Crippen LogP contribution < -0.4 is 5.32 Å². The van der Waals surface area contributed by atoms with Crippen LogP contribution in [0.2, 0.25) is 0 Å². The van der Waals surface area contributed by atoms with Crippen molar-refractivity contribution in [3.63, 3.8) is 0 Å². The molecular weight excluding hydrogens is 312 g/mol. The van der Waals surface area contributed by atoms with Gasteiger partial charge in [-0.15, -0.1) is 0 Å². The topological polar surface area (TPSA) is 97.6 Å². The summed E-state index contributed by atoms with van der Waals surface area (Å²) in [5, 5.41) is 6.61. The van der Waals surface area contributed by atoms with E-state index < -0.39 is 12.1 Å². The van der Waals surface area contributed by atoms with E-state index in [9.17, 15) is 9.59 Å². The van der Waals surface area contributed by atoms with Crippen LogP contribution in [-0.2, 0) is 20.9 Å². The Labute approximate surface area is 138 Å². The molecule has 0 saturated carbocycles. The van der Waals surface area contributed by atoms with Crippen molar-refractivity contribution in [3.05, 3.63) is 47.6 Å². The van der Waals surface area contributed by atoms with E-state index in [1.54, 1.807) is 14.0 Å². The number of aryl methyl sites for hydroxylation is 1. The molecule has 1 aromatic heterocycles. The van der Waals surface area contributed by atoms with Gasteiger partial charge >= 0.3 is 0 Å². The second kappa shape index (κ2) is 6.79. The zero-order valence-corrected chi connectivity index (χ0v) is 13.4. The molecule has 0 bridgehead atoms. The first-order valence-corrected chi connectivity index (χ1v) is 7.54. The Bertz CT molecular complexity index is 731. The minimum absolute atomic E-state index is 0.144. The Hall–Kier alpha value is -2.74. The van der Waals surface area contributed by atoms with Crippen molar-refractivity contribution in [3.8, 4) is 0 Å². The summed E-state index contributed by atoms with van der Waals surface area (Å²) in [7, 11) is 1.63. The highest BCUT2D eigenvalue weighted by Crippen LogP contribution is 2.24. The number of nitrogens with zero attached hydrogens (tertiary/aromatic N) is 3. The maximum Gasteiger partial charge on any atom is 0.254 e. The molecule has 2 heterocycles. The van der Waals surface area contributed by atoms with Crippen LogP contribution in [0.15, 0.2) is 34.9 Å². The number of nitrogens with one attached hydrogen (secondary N) is 1. The molecule has 2 amide bonds. The largest absolute Gasteiger partial charge is 0.356 e. The molecule has 8 heteroatoms. The normalized spacial score (nSPS) is 20.5. The summed E-state index contributed by atoms with van der Waals surface area (Å²) in [6, 6.07) is 8.74. The maximum atomic E-state index is 12.8. The first-order valence-electron chi connectivity index (χ1n) is 7.54. The fourth-order valence-corrected chi connectivity index (χ4v) is 2.60. The SMILES string of the molecule is Cc1nc(CN(C)C(=O)[C@H]2OCC(=O)N[C@@H]2c2ccccc2)no1. The van der Waals surface area contributed by atoms with E-state index in [1.807, 2.05) is 30.3 Å². The number of rotatable bonds is 4. The molecule has 0 aliphatic carbocycles. The van der Waals surface area contributed by atoms with E-state index in [0.717, 1.165) is 5.56 Å². The first kappa shape index (κ1) is 16.1. The summed E-state index contributed by atoms with van der Waals surface area (Å²) in [6.07, 6.45) is -0.803. The summed E-state index contributed by atoms with van der Waals surface area (Å²) >= 11 is 0. The Morgan fingerprint density at radius 3 is 2.79 bits per heavy atom. The molecule has 1 aliphatic rings. The van der Waals surface area contributed by atoms with E-state index in [-0.39, 0.29) is 25.0 Å². The van der Waals surface area contributed by atoms with Crippen LogP contribution in [0.3, 0.4) is 0 Å². The fraction of sp³-hybridized carbons (Fsp3) is 0.375. The molecule has 3 rings (SSSR count). The molecule has 126 valence electrons. The van der Waals surface area contributed by atoms with Crippen LogP contribution in [0.25, 0.3) is 0 Å². The number of benzene rings is 1. The fourth-order valence-electron chi connectivity index (χ4n) is 2.60. The van der Waals surface area contributed by atoms with Gasteiger partial charge in [-0.2, -0.15) is 4.98 Å². The van der Waals surface area contributed by atoms with Gasteiger partial charge in [-0.3, -0.25) is 9.59 Å². The third kappa shape index (κ3) is 3.43. The van der Waals surface area contributed by atoms with Crippen molar-refractivity contribution in [2.75, 3.05) is 13.7 Å². The molecule has 0 radical (unpaired) electrons. The molecule has 1 fully saturated rings. The molecule has 1 N–H and O–H groups in total. The number of hydrogen-bond acceptors (Lipinski definition) is 6. The lowest BCUT2D eigenvalue weighted by atomic mass is 9.99. The number of hydrogen-bond donors (Lipinski definition) is 1. The van der Waals surface area contributed by atoms with Gasteiger partial charge in [0, 0.05) is 14.0 Å². The van der Waals surface area contributed by atoms with Crippen LogP contribution in [0.1, 0.15) is 23.3 Å². The lowest BCUT2D eigenvalue weighted by molar-refractivity contribution is -0.154. The van der Waals surface area contributed by atoms with Crippen molar-refractivity contribution in [1.29, 1.82) is 0 Å². The Balaban J connectivity index is 1.76. The second-order valence-electron chi connectivity index (χ2n) is 5.61. The van der Waals surface area contributed by atoms with E-state index in [0.29, 0.717) is 11.7 Å². The van der Waals surface area contributed by atoms with E-state index in [4.69, 9.17) is 9.26 Å². The predicted molar refractivity (Wildman–Crippen MR) is 82.6 cm³/mol. The van der Waals surface area contributed by atoms with Gasteiger partial charge in [0.05, 0.1) is 12.6 Å². The quantitative estimate of drug-likeness (QED) is 0.881. The van der Waals surface area contributed by atoms with Gasteiger partial charge in [0.2, 0.25) is 11.8 Å². The van der Waals surface area contributed by atoms with Crippen molar-refractivity contribution >= 4 is 11.8 Å². The summed E-state index contributed by atoms with van der Waals surface area (Å²) in [4.78, 5) is 30.0. The average Bonchev–Trinajstić information content (AvgIpc) is 3.00. The summed E-state index contributed by atoms with van der Waals surface area (Å²) in [5.41, 5.74) is 0.813. The highest BCUT2D eigenvalue weighted by molar-refractivity contribution is 5.86. The predicted octanol–water partition coefficient (Wildman–Crippen LogP) is 0.593. The number of aromatic nitrogens is 2. The van der Waals surface area contributed by atoms with Crippen molar-refractivity contribution in [2.24, 2.45) is 0 Å². The van der Waals surface area contributed by atoms with Crippen molar-refractivity contribution in [2.45, 2.75) is 25.6 Å². The number of morpholine rings is 1. The molecule has 1 saturated heterocycles. The summed E-state index contributed by atoms with van der Waals surface area (Å²) in [5.74, 6) is 0.351. The monoisotopic (exact) mass is 330 g/mol. The van der Waals surface area contributed by atoms with Crippen molar-refractivity contribution in [1.82, 2.24) is 20.4 Å². The van der Waals surface area contributed by atoms with Gasteiger partial charge in [0.15, 0.2) is 11.9 Å². The van der Waals surface area contributed by atoms with Crippen LogP contribution in [-0.4, -0.2) is 46.6 Å². The first-order chi connectivity index (χ1) is 11.5. The smallest absolute Gasteiger partial charge is 0.254 e. The van der Waals surface area contributed by atoms with Crippen LogP contribution in [0.4, 0.5) is 0 Å². The van der Waals surface area contributed by atoms with Crippen LogP contribution in [0, 0.1) is 6.92 Å². The van der Waals surface area contributed by atoms with Gasteiger partial charge in [0.1, 0.15) is 6.61 Å². The molecule has 8 nitrogen and oxygen atoms in total. The highest BCUT2D eigenvalue weighted by atomic mass is 16.5. The van der Waals surface area contributed by atoms with E-state index in [1.165, 1.54) is 4.90 Å². The minimum Gasteiger partial charge on any atom is -0.356 e. The average molecular weight is 330 g/mol. The minimum atomic E-state index is -0.803. The highest BCUT2D eigenvalue weighted by Gasteiger charge is 2.37. The number of ether oxygens (including phenoxy) is 1. The van der Waals surface area contributed by atoms with Crippen LogP contribution >= 0.6 is 0 Å². The zero-order valence-electron chi connectivity index (χ0n) is 13.4. The number of carbonyl (C=O) groups is 2. The molecule has 24 heavy (non-hydrogen) atoms. The lowest BCUT2D eigenvalue weighted by Crippen LogP contribution is -2.52. The third-order valence-electron chi connectivity index (χ3n) is 3.74. The van der Waals surface area contributed by atoms with E-state index in [2.05, 4.69) is 15.5 Å². The second-order valence-corrected chi connectivity index (χ2v) is 5.61. The molecule has 0 unspecified atom stereocenters. The van der Waals surface area contributed by atoms with E-state index >= 15 is 0 Å². The van der Waals surface area contributed by atoms with Crippen LogP contribution in [0.5, 0.6) is 0 Å². The number of carbonyl (C=O) groups excluding carboxylic acids is 2. The molecule has 2 aromatic rings. The summed E-state index contributed by atoms with van der Waals surface area (Å²) < 4.78 is 10.4. The number of likely N-dealkylation sites (N-methyl/N-ethyl adjacent to an activating group) is 1. The van der Waals surface area contributed by atoms with Gasteiger partial charge in [0.25, 0.3) is 5.91 Å². The maximum absolute atomic E-state index is 12.8. The third-order valence-corrected chi connectivity index (χ3v) is 3.74. The van der Waals surface area contributed by atoms with Gasteiger partial charge < -0.3 is 19.5 Å². The number of amides is 2. The standard InChI is InChI=1S/C16H18N4O4/c1-10-17-12(19-24-10)8-20(2)16(22)15-14(18-13(21)9-23-15)11-6-4-3-5-7-11/h3-7,14-15H,8-9H2,1-2H3,(H,18,21)/t14-,15+/m1/s1. The van der Waals surface area contributed by atoms with Gasteiger partial charge in [-0.05, 0) is 5.56 Å². The van der Waals surface area contributed by atoms with Crippen molar-refractivity contribution < 1.29 is 18.8 Å². The molecule has 1 aliphatic heterocycles. The van der Waals surface area contributed by atoms with Gasteiger partial charge in [-0.25, -0.2) is 0 Å². The Morgan fingerprint density at radius 1 is 1.38 bits per heavy atom. The molecular formula is C16H18N4O4. The summed E-state index contributed by atoms with van der Waals surface area (Å²) in [6.45, 7) is 1.74. The zero-order chi connectivity index (χ0) is 17.1. The Kier molecular flexibility index (Phi) is 4.57. The molecule has 2 atom stereocenters. The molecule has 1 aromatic carbocycles. The molecule has 0 spiro atoms. The van der Waals surface area contributed by atoms with Gasteiger partial charge in [-0.1, -0.05) is 35.5 Å².